The van der Waals surface area contributed by atoms with Crippen LogP contribution in [0.2, 0.25) is 0 Å². The predicted molar refractivity (Wildman–Crippen MR) is 28.7 cm³/mol. The molecule has 9 heavy (non-hydrogen) atoms. The van der Waals surface area contributed by atoms with E-state index in [0.717, 1.165) is 0 Å². The molecule has 0 aliphatic heterocycles. The van der Waals surface area contributed by atoms with Crippen LogP contribution in [0.15, 0.2) is 0 Å². The molecule has 54 valence electrons. The summed E-state index contributed by atoms with van der Waals surface area (Å²) in [5, 5.41) is 0. The quantitative estimate of drug-likeness (QED) is 0.505. The van der Waals surface area contributed by atoms with Gasteiger partial charge in [-0.25, -0.2) is 4.21 Å². The minimum Gasteiger partial charge on any atom is -0.750 e. The fourth-order valence-electron chi connectivity index (χ4n) is 0.210. The van der Waals surface area contributed by atoms with E-state index in [4.69, 9.17) is 0 Å². The van der Waals surface area contributed by atoms with E-state index in [1.54, 1.807) is 0 Å². The zero-order chi connectivity index (χ0) is 7.28. The van der Waals surface area contributed by atoms with Gasteiger partial charge in [-0.3, -0.25) is 4.79 Å². The lowest BCUT2D eigenvalue weighted by Crippen LogP contribution is -2.13. The summed E-state index contributed by atoms with van der Waals surface area (Å²) in [6.07, 6.45) is -0.0754. The predicted octanol–water partition coefficient (Wildman–Crippen LogP) is -1.33. The van der Waals surface area contributed by atoms with E-state index >= 15 is 0 Å². The molecule has 5 nitrogen and oxygen atoms in total. The third-order valence-electron chi connectivity index (χ3n) is 0.528. The SMILES string of the molecule is NC(=O)CCOS(=O)[O-]. The lowest BCUT2D eigenvalue weighted by atomic mass is 10.4. The molecule has 0 aromatic rings. The summed E-state index contributed by atoms with van der Waals surface area (Å²) in [6, 6.07) is 0. The molecule has 0 radical (unpaired) electrons. The van der Waals surface area contributed by atoms with E-state index in [1.807, 2.05) is 0 Å². The lowest BCUT2D eigenvalue weighted by molar-refractivity contribution is -0.118. The number of hydrogen-bond donors (Lipinski definition) is 1. The van der Waals surface area contributed by atoms with Gasteiger partial charge in [0.2, 0.25) is 5.91 Å². The van der Waals surface area contributed by atoms with Crippen molar-refractivity contribution in [3.8, 4) is 0 Å². The molecule has 1 amide bonds. The molecule has 0 aromatic heterocycles. The summed E-state index contributed by atoms with van der Waals surface area (Å²) in [7, 11) is 0. The molecule has 0 fully saturated rings. The zero-order valence-corrected chi connectivity index (χ0v) is 5.35. The number of carbonyl (C=O) groups excluding carboxylic acids is 1. The average molecular weight is 152 g/mol. The van der Waals surface area contributed by atoms with Crippen LogP contribution in [0.25, 0.3) is 0 Å². The Morgan fingerprint density at radius 3 is 2.67 bits per heavy atom. The van der Waals surface area contributed by atoms with E-state index < -0.39 is 17.3 Å². The van der Waals surface area contributed by atoms with Gasteiger partial charge < -0.3 is 14.5 Å². The van der Waals surface area contributed by atoms with Gasteiger partial charge in [-0.15, -0.1) is 0 Å². The fourth-order valence-corrected chi connectivity index (χ4v) is 0.430. The van der Waals surface area contributed by atoms with Crippen molar-refractivity contribution >= 4 is 17.3 Å². The Kier molecular flexibility index (Phi) is 4.20. The maximum Gasteiger partial charge on any atom is 0.219 e. The van der Waals surface area contributed by atoms with Gasteiger partial charge in [-0.2, -0.15) is 0 Å². The molecule has 0 bridgehead atoms. The van der Waals surface area contributed by atoms with E-state index in [0.29, 0.717) is 0 Å². The molecule has 0 heterocycles. The molecule has 2 N–H and O–H groups in total. The summed E-state index contributed by atoms with van der Waals surface area (Å²) < 4.78 is 23.2. The Bertz CT molecular complexity index is 111. The first kappa shape index (κ1) is 8.54. The van der Waals surface area contributed by atoms with Crippen LogP contribution in [0.5, 0.6) is 0 Å². The maximum absolute atomic E-state index is 9.92. The van der Waals surface area contributed by atoms with Crippen molar-refractivity contribution in [2.24, 2.45) is 5.73 Å². The van der Waals surface area contributed by atoms with Crippen LogP contribution < -0.4 is 5.73 Å². The van der Waals surface area contributed by atoms with Crippen molar-refractivity contribution in [3.05, 3.63) is 0 Å². The standard InChI is InChI=1S/C3H7NO4S/c4-3(5)1-2-8-9(6)7/h1-2H2,(H2,4,5)(H,6,7)/p-1. The van der Waals surface area contributed by atoms with Crippen LogP contribution in [0.3, 0.4) is 0 Å². The molecular weight excluding hydrogens is 146 g/mol. The minimum absolute atomic E-state index is 0.0754. The second-order valence-corrected chi connectivity index (χ2v) is 1.89. The molecule has 0 rings (SSSR count). The molecule has 0 spiro atoms. The number of hydrogen-bond acceptors (Lipinski definition) is 4. The van der Waals surface area contributed by atoms with Crippen LogP contribution in [-0.2, 0) is 20.3 Å². The Morgan fingerprint density at radius 1 is 1.78 bits per heavy atom. The third kappa shape index (κ3) is 7.54. The van der Waals surface area contributed by atoms with Crippen molar-refractivity contribution < 1.29 is 17.7 Å². The third-order valence-corrected chi connectivity index (χ3v) is 0.887. The van der Waals surface area contributed by atoms with E-state index in [2.05, 4.69) is 9.92 Å². The van der Waals surface area contributed by atoms with E-state index in [1.165, 1.54) is 0 Å². The molecule has 0 aliphatic rings. The normalized spacial score (nSPS) is 13.0. The summed E-state index contributed by atoms with van der Waals surface area (Å²) in [6.45, 7) is -0.175. The summed E-state index contributed by atoms with van der Waals surface area (Å²) >= 11 is -2.54. The zero-order valence-electron chi connectivity index (χ0n) is 4.53. The number of primary amides is 1. The molecule has 0 saturated carbocycles. The van der Waals surface area contributed by atoms with Gasteiger partial charge in [0.1, 0.15) is 0 Å². The smallest absolute Gasteiger partial charge is 0.219 e. The van der Waals surface area contributed by atoms with Gasteiger partial charge in [0.05, 0.1) is 24.4 Å². The monoisotopic (exact) mass is 152 g/mol. The molecule has 1 atom stereocenters. The molecule has 0 saturated heterocycles. The van der Waals surface area contributed by atoms with Crippen LogP contribution in [0.4, 0.5) is 0 Å². The molecule has 6 heteroatoms. The van der Waals surface area contributed by atoms with Crippen LogP contribution >= 0.6 is 0 Å². The van der Waals surface area contributed by atoms with Gasteiger partial charge in [0, 0.05) is 0 Å². The first-order valence-corrected chi connectivity index (χ1v) is 3.14. The topological polar surface area (TPSA) is 92.5 Å². The Labute approximate surface area is 54.7 Å². The Hall–Kier alpha value is -0.460. The minimum atomic E-state index is -2.54. The van der Waals surface area contributed by atoms with Gasteiger partial charge >= 0.3 is 0 Å². The summed E-state index contributed by atoms with van der Waals surface area (Å²) in [4.78, 5) is 9.92. The molecule has 0 aliphatic carbocycles. The Balaban J connectivity index is 3.10. The van der Waals surface area contributed by atoms with Crippen molar-refractivity contribution in [2.45, 2.75) is 6.42 Å². The highest BCUT2D eigenvalue weighted by Crippen LogP contribution is 1.82. The maximum atomic E-state index is 9.92. The lowest BCUT2D eigenvalue weighted by Gasteiger charge is -2.02. The second-order valence-electron chi connectivity index (χ2n) is 1.24. The number of carbonyl (C=O) groups is 1. The summed E-state index contributed by atoms with van der Waals surface area (Å²) in [5.41, 5.74) is 4.66. The highest BCUT2D eigenvalue weighted by molar-refractivity contribution is 7.74. The fraction of sp³-hybridized carbons (Fsp3) is 0.667. The first-order valence-electron chi connectivity index (χ1n) is 2.14. The molecular formula is C3H6NO4S-. The number of amides is 1. The Morgan fingerprint density at radius 2 is 2.33 bits per heavy atom. The van der Waals surface area contributed by atoms with Gasteiger partial charge in [0.25, 0.3) is 0 Å². The van der Waals surface area contributed by atoms with Crippen molar-refractivity contribution in [1.82, 2.24) is 0 Å². The number of rotatable bonds is 4. The molecule has 0 aromatic carbocycles. The van der Waals surface area contributed by atoms with Gasteiger partial charge in [0.15, 0.2) is 0 Å². The highest BCUT2D eigenvalue weighted by atomic mass is 32.2. The second kappa shape index (κ2) is 4.42. The van der Waals surface area contributed by atoms with Crippen LogP contribution in [-0.4, -0.2) is 21.3 Å². The van der Waals surface area contributed by atoms with Gasteiger partial charge in [-0.1, -0.05) is 0 Å². The van der Waals surface area contributed by atoms with Crippen LogP contribution in [0.1, 0.15) is 6.42 Å². The van der Waals surface area contributed by atoms with Crippen molar-refractivity contribution in [1.29, 1.82) is 0 Å². The van der Waals surface area contributed by atoms with E-state index in [-0.39, 0.29) is 13.0 Å². The first-order chi connectivity index (χ1) is 4.13. The largest absolute Gasteiger partial charge is 0.750 e. The average Bonchev–Trinajstić information content (AvgIpc) is 1.63. The number of nitrogens with two attached hydrogens (primary N) is 1. The summed E-state index contributed by atoms with van der Waals surface area (Å²) in [5.74, 6) is -0.583. The van der Waals surface area contributed by atoms with Gasteiger partial charge in [-0.05, 0) is 0 Å². The van der Waals surface area contributed by atoms with Crippen molar-refractivity contribution in [3.63, 3.8) is 0 Å². The highest BCUT2D eigenvalue weighted by Gasteiger charge is 1.92. The van der Waals surface area contributed by atoms with E-state index in [9.17, 15) is 13.6 Å². The molecule has 1 unspecified atom stereocenters. The van der Waals surface area contributed by atoms with Crippen LogP contribution in [0, 0.1) is 0 Å². The van der Waals surface area contributed by atoms with Crippen molar-refractivity contribution in [2.75, 3.05) is 6.61 Å².